The van der Waals surface area contributed by atoms with Gasteiger partial charge in [0.25, 0.3) is 10.0 Å². The van der Waals surface area contributed by atoms with Crippen molar-refractivity contribution in [3.05, 3.63) is 57.6 Å². The number of benzene rings is 2. The predicted molar refractivity (Wildman–Crippen MR) is 96.6 cm³/mol. The monoisotopic (exact) mass is 377 g/mol. The lowest BCUT2D eigenvalue weighted by atomic mass is 9.99. The van der Waals surface area contributed by atoms with E-state index in [2.05, 4.69) is 4.72 Å². The summed E-state index contributed by atoms with van der Waals surface area (Å²) < 4.78 is 28.0. The summed E-state index contributed by atoms with van der Waals surface area (Å²) in [7, 11) is -4.18. The number of carboxylic acids is 2. The van der Waals surface area contributed by atoms with E-state index in [1.165, 1.54) is 0 Å². The smallest absolute Gasteiger partial charge is 0.335 e. The van der Waals surface area contributed by atoms with Crippen molar-refractivity contribution in [3.8, 4) is 0 Å². The molecular weight excluding hydrogens is 358 g/mol. The number of aromatic carboxylic acids is 2. The van der Waals surface area contributed by atoms with E-state index in [0.29, 0.717) is 11.3 Å². The molecule has 7 nitrogen and oxygen atoms in total. The van der Waals surface area contributed by atoms with E-state index in [4.69, 9.17) is 10.2 Å². The highest BCUT2D eigenvalue weighted by Crippen LogP contribution is 2.29. The van der Waals surface area contributed by atoms with Gasteiger partial charge in [-0.1, -0.05) is 6.07 Å². The zero-order valence-corrected chi connectivity index (χ0v) is 15.6. The van der Waals surface area contributed by atoms with Crippen molar-refractivity contribution in [1.82, 2.24) is 0 Å². The zero-order valence-electron chi connectivity index (χ0n) is 14.7. The highest BCUT2D eigenvalue weighted by molar-refractivity contribution is 7.92. The molecule has 2 rings (SSSR count). The molecule has 0 saturated heterocycles. The maximum absolute atomic E-state index is 12.8. The van der Waals surface area contributed by atoms with Gasteiger partial charge in [0.05, 0.1) is 21.7 Å². The summed E-state index contributed by atoms with van der Waals surface area (Å²) >= 11 is 0. The molecule has 0 bridgehead atoms. The van der Waals surface area contributed by atoms with Gasteiger partial charge in [0.15, 0.2) is 0 Å². The maximum atomic E-state index is 12.8. The van der Waals surface area contributed by atoms with E-state index in [-0.39, 0.29) is 0 Å². The Bertz CT molecular complexity index is 992. The third kappa shape index (κ3) is 3.70. The molecule has 0 atom stereocenters. The van der Waals surface area contributed by atoms with Gasteiger partial charge in [0.2, 0.25) is 0 Å². The Morgan fingerprint density at radius 3 is 1.77 bits per heavy atom. The van der Waals surface area contributed by atoms with Gasteiger partial charge in [-0.3, -0.25) is 4.72 Å². The topological polar surface area (TPSA) is 121 Å². The van der Waals surface area contributed by atoms with Crippen LogP contribution in [0.25, 0.3) is 0 Å². The Hall–Kier alpha value is -2.87. The van der Waals surface area contributed by atoms with Gasteiger partial charge in [-0.15, -0.1) is 0 Å². The fourth-order valence-electron chi connectivity index (χ4n) is 2.64. The molecule has 0 aromatic heterocycles. The minimum Gasteiger partial charge on any atom is -0.478 e. The average molecular weight is 377 g/mol. The highest BCUT2D eigenvalue weighted by atomic mass is 32.2. The maximum Gasteiger partial charge on any atom is 0.335 e. The second kappa shape index (κ2) is 6.80. The molecule has 0 spiro atoms. The number of hydrogen-bond donors (Lipinski definition) is 3. The van der Waals surface area contributed by atoms with Gasteiger partial charge in [-0.25, -0.2) is 18.0 Å². The minimum absolute atomic E-state index is 0.394. The molecule has 0 aliphatic heterocycles. The molecule has 0 heterocycles. The number of rotatable bonds is 5. The van der Waals surface area contributed by atoms with Crippen molar-refractivity contribution in [2.24, 2.45) is 0 Å². The Labute approximate surface area is 151 Å². The second-order valence-corrected chi connectivity index (χ2v) is 7.78. The second-order valence-electron chi connectivity index (χ2n) is 6.10. The fraction of sp³-hybridized carbons (Fsp3) is 0.222. The van der Waals surface area contributed by atoms with Crippen LogP contribution < -0.4 is 4.72 Å². The molecule has 0 unspecified atom stereocenters. The lowest BCUT2D eigenvalue weighted by molar-refractivity contribution is 0.0696. The van der Waals surface area contributed by atoms with Crippen molar-refractivity contribution < 1.29 is 28.2 Å². The lowest BCUT2D eigenvalue weighted by Gasteiger charge is -2.17. The van der Waals surface area contributed by atoms with Crippen LogP contribution in [0.3, 0.4) is 0 Å². The summed E-state index contributed by atoms with van der Waals surface area (Å²) in [6, 6.07) is 4.62. The standard InChI is InChI=1S/C18H19NO6S/c1-9-5-10(2)16(12(4)11(9)3)19-26(24,25)15-7-13(17(20)21)6-14(8-15)18(22)23/h5-8,19H,1-4H3,(H,20,21)(H,22,23). The first kappa shape index (κ1) is 19.5. The summed E-state index contributed by atoms with van der Waals surface area (Å²) in [6.45, 7) is 7.33. The first-order valence-corrected chi connectivity index (χ1v) is 9.14. The Morgan fingerprint density at radius 2 is 1.31 bits per heavy atom. The Kier molecular flexibility index (Phi) is 5.09. The van der Waals surface area contributed by atoms with Crippen LogP contribution in [0.1, 0.15) is 43.0 Å². The first-order valence-electron chi connectivity index (χ1n) is 7.66. The van der Waals surface area contributed by atoms with Crippen molar-refractivity contribution in [2.75, 3.05) is 4.72 Å². The normalized spacial score (nSPS) is 11.2. The third-order valence-corrected chi connectivity index (χ3v) is 5.63. The van der Waals surface area contributed by atoms with Gasteiger partial charge in [-0.05, 0) is 68.1 Å². The molecule has 2 aromatic rings. The molecule has 0 aliphatic carbocycles. The van der Waals surface area contributed by atoms with E-state index in [9.17, 15) is 18.0 Å². The van der Waals surface area contributed by atoms with Crippen LogP contribution >= 0.6 is 0 Å². The first-order chi connectivity index (χ1) is 11.9. The van der Waals surface area contributed by atoms with Crippen LogP contribution in [0.15, 0.2) is 29.2 Å². The van der Waals surface area contributed by atoms with E-state index >= 15 is 0 Å². The highest BCUT2D eigenvalue weighted by Gasteiger charge is 2.22. The van der Waals surface area contributed by atoms with Crippen LogP contribution in [0.5, 0.6) is 0 Å². The van der Waals surface area contributed by atoms with Crippen LogP contribution in [0.2, 0.25) is 0 Å². The fourth-order valence-corrected chi connectivity index (χ4v) is 3.90. The van der Waals surface area contributed by atoms with Gasteiger partial charge >= 0.3 is 11.9 Å². The van der Waals surface area contributed by atoms with Crippen molar-refractivity contribution in [2.45, 2.75) is 32.6 Å². The molecule has 0 fully saturated rings. The SMILES string of the molecule is Cc1cc(C)c(NS(=O)(=O)c2cc(C(=O)O)cc(C(=O)O)c2)c(C)c1C. The van der Waals surface area contributed by atoms with Crippen molar-refractivity contribution >= 4 is 27.6 Å². The van der Waals surface area contributed by atoms with Crippen LogP contribution in [-0.2, 0) is 10.0 Å². The number of hydrogen-bond acceptors (Lipinski definition) is 4. The summed E-state index contributed by atoms with van der Waals surface area (Å²) in [5.41, 5.74) is 2.96. The molecule has 0 aliphatic rings. The molecule has 8 heteroatoms. The van der Waals surface area contributed by atoms with Gasteiger partial charge in [0, 0.05) is 0 Å². The van der Waals surface area contributed by atoms with E-state index in [0.717, 1.165) is 34.9 Å². The average Bonchev–Trinajstić information content (AvgIpc) is 2.56. The number of sulfonamides is 1. The van der Waals surface area contributed by atoms with Crippen LogP contribution in [-0.4, -0.2) is 30.6 Å². The molecule has 0 radical (unpaired) electrons. The summed E-state index contributed by atoms with van der Waals surface area (Å²) in [4.78, 5) is 22.0. The van der Waals surface area contributed by atoms with Gasteiger partial charge in [0.1, 0.15) is 0 Å². The van der Waals surface area contributed by atoms with Gasteiger partial charge in [-0.2, -0.15) is 0 Å². The molecule has 0 saturated carbocycles. The summed E-state index contributed by atoms with van der Waals surface area (Å²) in [5.74, 6) is -2.83. The van der Waals surface area contributed by atoms with Crippen LogP contribution in [0.4, 0.5) is 5.69 Å². The summed E-state index contributed by atoms with van der Waals surface area (Å²) in [6.07, 6.45) is 0. The molecule has 26 heavy (non-hydrogen) atoms. The Morgan fingerprint density at radius 1 is 0.808 bits per heavy atom. The largest absolute Gasteiger partial charge is 0.478 e. The number of aryl methyl sites for hydroxylation is 2. The predicted octanol–water partition coefficient (Wildman–Crippen LogP) is 3.12. The molecule has 3 N–H and O–H groups in total. The molecular formula is C18H19NO6S. The number of carbonyl (C=O) groups is 2. The molecule has 0 amide bonds. The number of nitrogens with one attached hydrogen (secondary N) is 1. The minimum atomic E-state index is -4.18. The van der Waals surface area contributed by atoms with Crippen molar-refractivity contribution in [1.29, 1.82) is 0 Å². The van der Waals surface area contributed by atoms with E-state index in [1.807, 2.05) is 19.9 Å². The summed E-state index contributed by atoms with van der Waals surface area (Å²) in [5, 5.41) is 18.2. The number of carboxylic acid groups (broad SMARTS) is 2. The molecule has 138 valence electrons. The van der Waals surface area contributed by atoms with Crippen molar-refractivity contribution in [3.63, 3.8) is 0 Å². The Balaban J connectivity index is 2.61. The lowest BCUT2D eigenvalue weighted by Crippen LogP contribution is -2.17. The van der Waals surface area contributed by atoms with E-state index in [1.54, 1.807) is 13.8 Å². The zero-order chi connectivity index (χ0) is 19.8. The molecule has 2 aromatic carbocycles. The third-order valence-electron chi connectivity index (χ3n) is 4.30. The van der Waals surface area contributed by atoms with Crippen LogP contribution in [0, 0.1) is 27.7 Å². The van der Waals surface area contributed by atoms with Gasteiger partial charge < -0.3 is 10.2 Å². The quantitative estimate of drug-likeness (QED) is 0.736. The number of anilines is 1. The van der Waals surface area contributed by atoms with E-state index < -0.39 is 38.0 Å².